The first-order valence-electron chi connectivity index (χ1n) is 7.74. The topological polar surface area (TPSA) is 30.5 Å². The van der Waals surface area contributed by atoms with Gasteiger partial charge < -0.3 is 14.8 Å². The molecule has 3 nitrogen and oxygen atoms in total. The highest BCUT2D eigenvalue weighted by Crippen LogP contribution is 2.21. The Labute approximate surface area is 122 Å². The average Bonchev–Trinajstić information content (AvgIpc) is 2.98. The number of hydrogen-bond acceptors (Lipinski definition) is 3. The molecule has 0 radical (unpaired) electrons. The van der Waals surface area contributed by atoms with Crippen molar-refractivity contribution in [3.63, 3.8) is 0 Å². The molecule has 0 spiro atoms. The Morgan fingerprint density at radius 1 is 1.30 bits per heavy atom. The third-order valence-corrected chi connectivity index (χ3v) is 3.98. The van der Waals surface area contributed by atoms with Crippen molar-refractivity contribution >= 4 is 0 Å². The average molecular weight is 277 g/mol. The molecule has 1 aromatic carbocycles. The Balaban J connectivity index is 1.87. The molecule has 112 valence electrons. The maximum atomic E-state index is 5.95. The number of nitrogens with one attached hydrogen (secondary N) is 1. The van der Waals surface area contributed by atoms with Crippen molar-refractivity contribution in [2.75, 3.05) is 26.4 Å². The van der Waals surface area contributed by atoms with Crippen molar-refractivity contribution in [3.05, 3.63) is 29.8 Å². The predicted octanol–water partition coefficient (Wildman–Crippen LogP) is 3.20. The van der Waals surface area contributed by atoms with E-state index in [-0.39, 0.29) is 0 Å². The first kappa shape index (κ1) is 15.3. The van der Waals surface area contributed by atoms with Gasteiger partial charge in [-0.05, 0) is 36.6 Å². The minimum absolute atomic E-state index is 0.382. The van der Waals surface area contributed by atoms with Crippen molar-refractivity contribution in [2.45, 2.75) is 39.2 Å². The number of likely N-dealkylation sites (N-methyl/N-ethyl adjacent to an activating group) is 1. The fourth-order valence-electron chi connectivity index (χ4n) is 2.63. The van der Waals surface area contributed by atoms with Crippen LogP contribution in [0.25, 0.3) is 0 Å². The maximum absolute atomic E-state index is 5.95. The minimum Gasteiger partial charge on any atom is -0.492 e. The van der Waals surface area contributed by atoms with Crippen LogP contribution in [0.15, 0.2) is 24.3 Å². The molecule has 1 saturated heterocycles. The predicted molar refractivity (Wildman–Crippen MR) is 82.4 cm³/mol. The molecule has 0 aliphatic carbocycles. The van der Waals surface area contributed by atoms with E-state index in [1.54, 1.807) is 0 Å². The van der Waals surface area contributed by atoms with Gasteiger partial charge in [0.15, 0.2) is 0 Å². The largest absolute Gasteiger partial charge is 0.492 e. The van der Waals surface area contributed by atoms with Crippen molar-refractivity contribution < 1.29 is 9.47 Å². The van der Waals surface area contributed by atoms with E-state index in [4.69, 9.17) is 9.47 Å². The van der Waals surface area contributed by atoms with Crippen LogP contribution in [-0.2, 0) is 4.74 Å². The summed E-state index contributed by atoms with van der Waals surface area (Å²) in [6, 6.07) is 8.83. The zero-order valence-corrected chi connectivity index (χ0v) is 12.9. The van der Waals surface area contributed by atoms with E-state index in [2.05, 4.69) is 50.4 Å². The van der Waals surface area contributed by atoms with Gasteiger partial charge in [0.1, 0.15) is 12.4 Å². The normalized spacial score (nSPS) is 20.3. The first-order chi connectivity index (χ1) is 9.70. The molecule has 1 aliphatic rings. The summed E-state index contributed by atoms with van der Waals surface area (Å²) in [4.78, 5) is 0. The lowest BCUT2D eigenvalue weighted by atomic mass is 10.00. The zero-order valence-electron chi connectivity index (χ0n) is 12.9. The summed E-state index contributed by atoms with van der Waals surface area (Å²) < 4.78 is 11.4. The SMILES string of the molecule is CCNC(COc1ccc(C(C)C)cc1)C1CCOC1. The standard InChI is InChI=1S/C17H27NO2/c1-4-18-17(15-9-10-19-11-15)12-20-16-7-5-14(6-8-16)13(2)3/h5-8,13,15,17-18H,4,9-12H2,1-3H3. The number of rotatable bonds is 7. The van der Waals surface area contributed by atoms with E-state index in [0.717, 1.165) is 31.9 Å². The summed E-state index contributed by atoms with van der Waals surface area (Å²) in [6.45, 7) is 9.97. The zero-order chi connectivity index (χ0) is 14.4. The fourth-order valence-corrected chi connectivity index (χ4v) is 2.63. The van der Waals surface area contributed by atoms with Crippen LogP contribution in [0, 0.1) is 5.92 Å². The molecular weight excluding hydrogens is 250 g/mol. The summed E-state index contributed by atoms with van der Waals surface area (Å²) in [5, 5.41) is 3.52. The van der Waals surface area contributed by atoms with Gasteiger partial charge in [-0.1, -0.05) is 32.9 Å². The summed E-state index contributed by atoms with van der Waals surface area (Å²) in [6.07, 6.45) is 1.13. The Bertz CT molecular complexity index is 382. The molecule has 0 amide bonds. The Morgan fingerprint density at radius 2 is 2.05 bits per heavy atom. The molecule has 2 unspecified atom stereocenters. The second-order valence-electron chi connectivity index (χ2n) is 5.82. The number of ether oxygens (including phenoxy) is 2. The smallest absolute Gasteiger partial charge is 0.119 e. The van der Waals surface area contributed by atoms with Crippen molar-refractivity contribution in [1.82, 2.24) is 5.32 Å². The molecule has 1 N–H and O–H groups in total. The van der Waals surface area contributed by atoms with E-state index < -0.39 is 0 Å². The summed E-state index contributed by atoms with van der Waals surface area (Å²) >= 11 is 0. The van der Waals surface area contributed by atoms with Gasteiger partial charge in [0.05, 0.1) is 6.61 Å². The van der Waals surface area contributed by atoms with Gasteiger partial charge in [-0.15, -0.1) is 0 Å². The highest BCUT2D eigenvalue weighted by molar-refractivity contribution is 5.28. The summed E-state index contributed by atoms with van der Waals surface area (Å²) in [5.41, 5.74) is 1.35. The van der Waals surface area contributed by atoms with E-state index >= 15 is 0 Å². The van der Waals surface area contributed by atoms with E-state index in [0.29, 0.717) is 24.5 Å². The molecule has 0 aromatic heterocycles. The highest BCUT2D eigenvalue weighted by atomic mass is 16.5. The van der Waals surface area contributed by atoms with Crippen molar-refractivity contribution in [2.24, 2.45) is 5.92 Å². The molecule has 0 bridgehead atoms. The van der Waals surface area contributed by atoms with Gasteiger partial charge in [-0.25, -0.2) is 0 Å². The third kappa shape index (κ3) is 4.22. The van der Waals surface area contributed by atoms with Gasteiger partial charge in [-0.3, -0.25) is 0 Å². The molecule has 1 fully saturated rings. The van der Waals surface area contributed by atoms with Gasteiger partial charge >= 0.3 is 0 Å². The highest BCUT2D eigenvalue weighted by Gasteiger charge is 2.25. The first-order valence-corrected chi connectivity index (χ1v) is 7.74. The molecule has 20 heavy (non-hydrogen) atoms. The minimum atomic E-state index is 0.382. The Morgan fingerprint density at radius 3 is 2.60 bits per heavy atom. The van der Waals surface area contributed by atoms with Crippen LogP contribution in [0.5, 0.6) is 5.75 Å². The monoisotopic (exact) mass is 277 g/mol. The van der Waals surface area contributed by atoms with Gasteiger partial charge in [0.25, 0.3) is 0 Å². The van der Waals surface area contributed by atoms with Gasteiger partial charge in [-0.2, -0.15) is 0 Å². The second kappa shape index (κ2) is 7.65. The molecule has 3 heteroatoms. The molecule has 1 aromatic rings. The molecule has 0 saturated carbocycles. The van der Waals surface area contributed by atoms with Crippen molar-refractivity contribution in [1.29, 1.82) is 0 Å². The van der Waals surface area contributed by atoms with Crippen LogP contribution in [0.3, 0.4) is 0 Å². The Hall–Kier alpha value is -1.06. The van der Waals surface area contributed by atoms with Gasteiger partial charge in [0.2, 0.25) is 0 Å². The number of hydrogen-bond donors (Lipinski definition) is 1. The van der Waals surface area contributed by atoms with Crippen molar-refractivity contribution in [3.8, 4) is 5.75 Å². The van der Waals surface area contributed by atoms with Gasteiger partial charge in [0, 0.05) is 18.6 Å². The quantitative estimate of drug-likeness (QED) is 0.830. The molecular formula is C17H27NO2. The number of benzene rings is 1. The second-order valence-corrected chi connectivity index (χ2v) is 5.82. The Kier molecular flexibility index (Phi) is 5.86. The van der Waals surface area contributed by atoms with Crippen LogP contribution in [-0.4, -0.2) is 32.4 Å². The molecule has 2 rings (SSSR count). The lowest BCUT2D eigenvalue weighted by Gasteiger charge is -2.23. The fraction of sp³-hybridized carbons (Fsp3) is 0.647. The summed E-state index contributed by atoms with van der Waals surface area (Å²) in [5.74, 6) is 2.09. The third-order valence-electron chi connectivity index (χ3n) is 3.98. The maximum Gasteiger partial charge on any atom is 0.119 e. The van der Waals surface area contributed by atoms with Crippen LogP contribution >= 0.6 is 0 Å². The molecule has 1 aliphatic heterocycles. The van der Waals surface area contributed by atoms with E-state index in [9.17, 15) is 0 Å². The lowest BCUT2D eigenvalue weighted by Crippen LogP contribution is -2.41. The lowest BCUT2D eigenvalue weighted by molar-refractivity contribution is 0.161. The van der Waals surface area contributed by atoms with Crippen LogP contribution in [0.2, 0.25) is 0 Å². The van der Waals surface area contributed by atoms with Crippen LogP contribution < -0.4 is 10.1 Å². The van der Waals surface area contributed by atoms with E-state index in [1.807, 2.05) is 0 Å². The van der Waals surface area contributed by atoms with Crippen LogP contribution in [0.1, 0.15) is 38.7 Å². The molecule has 1 heterocycles. The van der Waals surface area contributed by atoms with E-state index in [1.165, 1.54) is 5.56 Å². The molecule has 2 atom stereocenters. The summed E-state index contributed by atoms with van der Waals surface area (Å²) in [7, 11) is 0. The van der Waals surface area contributed by atoms with Crippen LogP contribution in [0.4, 0.5) is 0 Å².